The van der Waals surface area contributed by atoms with Crippen LogP contribution in [-0.4, -0.2) is 0 Å². The summed E-state index contributed by atoms with van der Waals surface area (Å²) in [6.45, 7) is 4.50. The third kappa shape index (κ3) is 5.54. The van der Waals surface area contributed by atoms with E-state index < -0.39 is 0 Å². The average Bonchev–Trinajstić information content (AvgIpc) is 2.39. The highest BCUT2D eigenvalue weighted by Gasteiger charge is 2.23. The Morgan fingerprint density at radius 2 is 1.22 bits per heavy atom. The van der Waals surface area contributed by atoms with Crippen LogP contribution in [0, 0.1) is 46.3 Å². The Hall–Kier alpha value is -1.02. The van der Waals surface area contributed by atoms with Crippen LogP contribution in [-0.2, 0) is 0 Å². The molecule has 0 N–H and O–H groups in total. The summed E-state index contributed by atoms with van der Waals surface area (Å²) in [7, 11) is 0. The van der Waals surface area contributed by atoms with Gasteiger partial charge in [-0.3, -0.25) is 0 Å². The smallest absolute Gasteiger partial charge is 0.0655 e. The molecule has 0 heterocycles. The molecule has 18 heavy (non-hydrogen) atoms. The molecule has 0 saturated heterocycles. The quantitative estimate of drug-likeness (QED) is 0.623. The van der Waals surface area contributed by atoms with E-state index in [1.54, 1.807) is 0 Å². The van der Waals surface area contributed by atoms with Crippen molar-refractivity contribution < 1.29 is 0 Å². The highest BCUT2D eigenvalue weighted by molar-refractivity contribution is 4.88. The van der Waals surface area contributed by atoms with Crippen LogP contribution < -0.4 is 0 Å². The summed E-state index contributed by atoms with van der Waals surface area (Å²) in [6.07, 6.45) is 9.77. The van der Waals surface area contributed by atoms with Gasteiger partial charge < -0.3 is 0 Å². The predicted molar refractivity (Wildman–Crippen MR) is 73.5 cm³/mol. The Morgan fingerprint density at radius 3 is 1.61 bits per heavy atom. The summed E-state index contributed by atoms with van der Waals surface area (Å²) >= 11 is 0. The monoisotopic (exact) mass is 246 g/mol. The predicted octanol–water partition coefficient (Wildman–Crippen LogP) is 4.67. The van der Waals surface area contributed by atoms with Gasteiger partial charge in [0, 0.05) is 11.8 Å². The van der Waals surface area contributed by atoms with Gasteiger partial charge in [0.2, 0.25) is 0 Å². The first-order valence-electron chi connectivity index (χ1n) is 7.45. The van der Waals surface area contributed by atoms with Crippen LogP contribution in [0.15, 0.2) is 0 Å². The molecule has 0 radical (unpaired) electrons. The zero-order chi connectivity index (χ0) is 13.4. The van der Waals surface area contributed by atoms with E-state index in [0.29, 0.717) is 11.8 Å². The molecule has 2 unspecified atom stereocenters. The standard InChI is InChI=1S/C9H15N.C7H11N/c1-7-3-8(2)5-9(4-7)6-10;8-6-7-4-2-1-3-5-7/h7-9H,3-5H2,1-2H3;7H,1-5H2. The van der Waals surface area contributed by atoms with Crippen molar-refractivity contribution in [2.45, 2.75) is 65.2 Å². The topological polar surface area (TPSA) is 47.6 Å². The molecule has 2 heteroatoms. The van der Waals surface area contributed by atoms with Gasteiger partial charge in [-0.15, -0.1) is 0 Å². The van der Waals surface area contributed by atoms with E-state index in [4.69, 9.17) is 10.5 Å². The molecule has 2 fully saturated rings. The molecule has 0 amide bonds. The Bertz CT molecular complexity index is 294. The lowest BCUT2D eigenvalue weighted by atomic mass is 9.77. The molecule has 0 aromatic heterocycles. The van der Waals surface area contributed by atoms with Crippen molar-refractivity contribution in [1.82, 2.24) is 0 Å². The molecule has 2 aliphatic carbocycles. The van der Waals surface area contributed by atoms with E-state index in [9.17, 15) is 0 Å². The lowest BCUT2D eigenvalue weighted by molar-refractivity contribution is 0.257. The molecule has 100 valence electrons. The van der Waals surface area contributed by atoms with Gasteiger partial charge in [0.15, 0.2) is 0 Å². The zero-order valence-electron chi connectivity index (χ0n) is 11.9. The molecule has 0 bridgehead atoms. The molecule has 0 aliphatic heterocycles. The number of hydrogen-bond acceptors (Lipinski definition) is 2. The van der Waals surface area contributed by atoms with Crippen molar-refractivity contribution in [1.29, 1.82) is 10.5 Å². The van der Waals surface area contributed by atoms with Crippen LogP contribution in [0.2, 0.25) is 0 Å². The van der Waals surface area contributed by atoms with Crippen molar-refractivity contribution >= 4 is 0 Å². The molecular weight excluding hydrogens is 220 g/mol. The van der Waals surface area contributed by atoms with E-state index in [1.165, 1.54) is 25.7 Å². The van der Waals surface area contributed by atoms with Gasteiger partial charge in [-0.25, -0.2) is 0 Å². The summed E-state index contributed by atoms with van der Waals surface area (Å²) in [5.74, 6) is 2.28. The summed E-state index contributed by atoms with van der Waals surface area (Å²) in [4.78, 5) is 0. The number of rotatable bonds is 0. The molecule has 2 nitrogen and oxygen atoms in total. The van der Waals surface area contributed by atoms with Crippen molar-refractivity contribution in [3.8, 4) is 12.1 Å². The minimum Gasteiger partial charge on any atom is -0.198 e. The van der Waals surface area contributed by atoms with Gasteiger partial charge >= 0.3 is 0 Å². The van der Waals surface area contributed by atoms with Crippen LogP contribution >= 0.6 is 0 Å². The van der Waals surface area contributed by atoms with E-state index in [2.05, 4.69) is 26.0 Å². The first kappa shape index (κ1) is 15.0. The van der Waals surface area contributed by atoms with Crippen molar-refractivity contribution in [2.75, 3.05) is 0 Å². The summed E-state index contributed by atoms with van der Waals surface area (Å²) in [5, 5.41) is 17.1. The second-order valence-electron chi connectivity index (χ2n) is 6.21. The minimum absolute atomic E-state index is 0.346. The lowest BCUT2D eigenvalue weighted by Gasteiger charge is -2.26. The van der Waals surface area contributed by atoms with Gasteiger partial charge in [-0.2, -0.15) is 10.5 Å². The van der Waals surface area contributed by atoms with Crippen molar-refractivity contribution in [3.63, 3.8) is 0 Å². The maximum atomic E-state index is 8.68. The fourth-order valence-corrected chi connectivity index (χ4v) is 3.28. The normalized spacial score (nSPS) is 32.6. The SMILES string of the molecule is CC1CC(C)CC(C#N)C1.N#CC1CCCCC1. The molecule has 0 aromatic carbocycles. The van der Waals surface area contributed by atoms with E-state index in [1.807, 2.05) is 0 Å². The van der Waals surface area contributed by atoms with Gasteiger partial charge in [-0.05, 0) is 43.9 Å². The Kier molecular flexibility index (Phi) is 6.81. The summed E-state index contributed by atoms with van der Waals surface area (Å²) in [5.41, 5.74) is 0. The maximum Gasteiger partial charge on any atom is 0.0655 e. The first-order valence-corrected chi connectivity index (χ1v) is 7.45. The maximum absolute atomic E-state index is 8.68. The first-order chi connectivity index (χ1) is 8.65. The van der Waals surface area contributed by atoms with Crippen LogP contribution in [0.1, 0.15) is 65.2 Å². The van der Waals surface area contributed by atoms with Crippen molar-refractivity contribution in [3.05, 3.63) is 0 Å². The Labute approximate surface area is 112 Å². The molecule has 2 atom stereocenters. The van der Waals surface area contributed by atoms with Gasteiger partial charge in [0.25, 0.3) is 0 Å². The third-order valence-electron chi connectivity index (χ3n) is 4.15. The summed E-state index contributed by atoms with van der Waals surface area (Å²) < 4.78 is 0. The van der Waals surface area contributed by atoms with E-state index in [-0.39, 0.29) is 0 Å². The lowest BCUT2D eigenvalue weighted by Crippen LogP contribution is -2.17. The fraction of sp³-hybridized carbons (Fsp3) is 0.875. The summed E-state index contributed by atoms with van der Waals surface area (Å²) in [6, 6.07) is 4.67. The zero-order valence-corrected chi connectivity index (χ0v) is 11.9. The van der Waals surface area contributed by atoms with E-state index >= 15 is 0 Å². The third-order valence-corrected chi connectivity index (χ3v) is 4.15. The van der Waals surface area contributed by atoms with Crippen LogP contribution in [0.4, 0.5) is 0 Å². The molecule has 2 saturated carbocycles. The number of nitrogens with zero attached hydrogens (tertiary/aromatic N) is 2. The largest absolute Gasteiger partial charge is 0.198 e. The van der Waals surface area contributed by atoms with Gasteiger partial charge in [0.05, 0.1) is 12.1 Å². The highest BCUT2D eigenvalue weighted by atomic mass is 14.3. The van der Waals surface area contributed by atoms with Crippen molar-refractivity contribution in [2.24, 2.45) is 23.7 Å². The van der Waals surface area contributed by atoms with Crippen LogP contribution in [0.5, 0.6) is 0 Å². The second-order valence-corrected chi connectivity index (χ2v) is 6.21. The fourth-order valence-electron chi connectivity index (χ4n) is 3.28. The van der Waals surface area contributed by atoms with Crippen LogP contribution in [0.25, 0.3) is 0 Å². The Balaban J connectivity index is 0.000000184. The number of hydrogen-bond donors (Lipinski definition) is 0. The molecular formula is C16H26N2. The number of nitriles is 2. The van der Waals surface area contributed by atoms with Gasteiger partial charge in [0.1, 0.15) is 0 Å². The van der Waals surface area contributed by atoms with E-state index in [0.717, 1.165) is 37.5 Å². The highest BCUT2D eigenvalue weighted by Crippen LogP contribution is 2.32. The molecule has 2 rings (SSSR count). The minimum atomic E-state index is 0.346. The molecule has 2 aliphatic rings. The molecule has 0 aromatic rings. The molecule has 0 spiro atoms. The van der Waals surface area contributed by atoms with Gasteiger partial charge in [-0.1, -0.05) is 33.1 Å². The average molecular weight is 246 g/mol. The Morgan fingerprint density at radius 1 is 0.722 bits per heavy atom. The second kappa shape index (κ2) is 8.15. The van der Waals surface area contributed by atoms with Crippen LogP contribution in [0.3, 0.4) is 0 Å².